The number of nitrogens with zero attached hydrogens (tertiary/aromatic N) is 1. The second-order valence-electron chi connectivity index (χ2n) is 2.56. The lowest BCUT2D eigenvalue weighted by atomic mass is 10.2. The van der Waals surface area contributed by atoms with Gasteiger partial charge in [-0.05, 0) is 20.5 Å². The van der Waals surface area contributed by atoms with Gasteiger partial charge in [0.05, 0.1) is 6.04 Å². The summed E-state index contributed by atoms with van der Waals surface area (Å²) in [5, 5.41) is 2.77. The van der Waals surface area contributed by atoms with Crippen molar-refractivity contribution in [1.82, 2.24) is 10.2 Å². The minimum Gasteiger partial charge on any atom is -0.355 e. The quantitative estimate of drug-likeness (QED) is 0.513. The van der Waals surface area contributed by atoms with Crippen LogP contribution in [0.25, 0.3) is 0 Å². The van der Waals surface area contributed by atoms with Crippen LogP contribution in [0.1, 0.15) is 6.42 Å². The average molecular weight is 128 g/mol. The summed E-state index contributed by atoms with van der Waals surface area (Å²) in [6, 6.07) is 0.116. The highest BCUT2D eigenvalue weighted by Gasteiger charge is 2.25. The second-order valence-corrected chi connectivity index (χ2v) is 2.56. The number of rotatable bonds is 1. The Morgan fingerprint density at radius 1 is 1.67 bits per heavy atom. The Hall–Kier alpha value is -0.570. The zero-order chi connectivity index (χ0) is 6.85. The fraction of sp³-hybridized carbons (Fsp3) is 0.833. The van der Waals surface area contributed by atoms with Gasteiger partial charge in [-0.25, -0.2) is 0 Å². The largest absolute Gasteiger partial charge is 0.355 e. The molecule has 0 aromatic heterocycles. The van der Waals surface area contributed by atoms with E-state index >= 15 is 0 Å². The van der Waals surface area contributed by atoms with E-state index in [2.05, 4.69) is 5.32 Å². The molecular weight excluding hydrogens is 116 g/mol. The number of likely N-dealkylation sites (N-methyl/N-ethyl adjacent to an activating group) is 1. The van der Waals surface area contributed by atoms with E-state index in [0.29, 0.717) is 0 Å². The Balaban J connectivity index is 2.49. The molecule has 3 heteroatoms. The van der Waals surface area contributed by atoms with Crippen LogP contribution in [-0.2, 0) is 4.79 Å². The molecule has 52 valence electrons. The fourth-order valence-electron chi connectivity index (χ4n) is 1.07. The van der Waals surface area contributed by atoms with Crippen LogP contribution in [0.3, 0.4) is 0 Å². The van der Waals surface area contributed by atoms with E-state index in [1.807, 2.05) is 19.0 Å². The van der Waals surface area contributed by atoms with Gasteiger partial charge in [0.15, 0.2) is 0 Å². The predicted molar refractivity (Wildman–Crippen MR) is 35.1 cm³/mol. The van der Waals surface area contributed by atoms with Gasteiger partial charge in [-0.1, -0.05) is 0 Å². The lowest BCUT2D eigenvalue weighted by molar-refractivity contribution is -0.122. The molecule has 1 saturated heterocycles. The molecule has 1 rings (SSSR count). The maximum atomic E-state index is 10.9. The molecule has 3 nitrogen and oxygen atoms in total. The highest BCUT2D eigenvalue weighted by Crippen LogP contribution is 2.04. The first kappa shape index (κ1) is 6.55. The van der Waals surface area contributed by atoms with E-state index in [4.69, 9.17) is 0 Å². The van der Waals surface area contributed by atoms with Gasteiger partial charge in [-0.3, -0.25) is 9.69 Å². The van der Waals surface area contributed by atoms with Gasteiger partial charge in [-0.15, -0.1) is 0 Å². The minimum absolute atomic E-state index is 0.116. The van der Waals surface area contributed by atoms with Gasteiger partial charge >= 0.3 is 0 Å². The highest BCUT2D eigenvalue weighted by molar-refractivity contribution is 5.83. The van der Waals surface area contributed by atoms with Crippen LogP contribution in [0.2, 0.25) is 0 Å². The average Bonchev–Trinajstić information content (AvgIpc) is 2.13. The molecule has 1 N–H and O–H groups in total. The third-order valence-corrected chi connectivity index (χ3v) is 1.64. The van der Waals surface area contributed by atoms with Crippen molar-refractivity contribution in [2.45, 2.75) is 12.5 Å². The summed E-state index contributed by atoms with van der Waals surface area (Å²) in [5.74, 6) is 0.167. The van der Waals surface area contributed by atoms with Crippen molar-refractivity contribution >= 4 is 5.91 Å². The highest BCUT2D eigenvalue weighted by atomic mass is 16.2. The molecule has 0 aromatic carbocycles. The summed E-state index contributed by atoms with van der Waals surface area (Å²) < 4.78 is 0. The molecule has 0 aromatic rings. The van der Waals surface area contributed by atoms with Crippen molar-refractivity contribution in [2.75, 3.05) is 20.6 Å². The van der Waals surface area contributed by atoms with Crippen LogP contribution in [0, 0.1) is 0 Å². The van der Waals surface area contributed by atoms with Crippen LogP contribution in [0.15, 0.2) is 0 Å². The van der Waals surface area contributed by atoms with Crippen LogP contribution in [0.5, 0.6) is 0 Å². The van der Waals surface area contributed by atoms with E-state index < -0.39 is 0 Å². The number of carbonyl (C=O) groups is 1. The first-order valence-electron chi connectivity index (χ1n) is 3.16. The van der Waals surface area contributed by atoms with E-state index in [9.17, 15) is 4.79 Å². The molecule has 0 saturated carbocycles. The van der Waals surface area contributed by atoms with E-state index in [0.717, 1.165) is 13.0 Å². The van der Waals surface area contributed by atoms with Crippen molar-refractivity contribution in [3.05, 3.63) is 0 Å². The summed E-state index contributed by atoms with van der Waals surface area (Å²) in [5.41, 5.74) is 0. The molecule has 1 aliphatic heterocycles. The second kappa shape index (κ2) is 2.35. The van der Waals surface area contributed by atoms with Crippen LogP contribution in [0.4, 0.5) is 0 Å². The van der Waals surface area contributed by atoms with E-state index in [1.54, 1.807) is 0 Å². The Kier molecular flexibility index (Phi) is 1.71. The first-order chi connectivity index (χ1) is 4.22. The number of hydrogen-bond donors (Lipinski definition) is 1. The molecule has 0 aliphatic carbocycles. The monoisotopic (exact) mass is 128 g/mol. The Bertz CT molecular complexity index is 122. The predicted octanol–water partition coefficient (Wildman–Crippen LogP) is -0.563. The normalized spacial score (nSPS) is 27.0. The lowest BCUT2D eigenvalue weighted by Gasteiger charge is -2.14. The van der Waals surface area contributed by atoms with Gasteiger partial charge in [0.25, 0.3) is 0 Å². The maximum absolute atomic E-state index is 10.9. The van der Waals surface area contributed by atoms with Gasteiger partial charge in [-0.2, -0.15) is 0 Å². The molecule has 0 bridgehead atoms. The van der Waals surface area contributed by atoms with E-state index in [1.165, 1.54) is 0 Å². The molecule has 0 unspecified atom stereocenters. The molecule has 1 heterocycles. The maximum Gasteiger partial charge on any atom is 0.237 e. The molecule has 0 radical (unpaired) electrons. The molecule has 1 aliphatic rings. The van der Waals surface area contributed by atoms with Crippen molar-refractivity contribution in [3.8, 4) is 0 Å². The van der Waals surface area contributed by atoms with Gasteiger partial charge in [0, 0.05) is 6.54 Å². The number of carbonyl (C=O) groups excluding carboxylic acids is 1. The lowest BCUT2D eigenvalue weighted by Crippen LogP contribution is -2.34. The summed E-state index contributed by atoms with van der Waals surface area (Å²) in [6.07, 6.45) is 0.950. The van der Waals surface area contributed by atoms with E-state index in [-0.39, 0.29) is 11.9 Å². The molecular formula is C6H12N2O. The number of amides is 1. The SMILES string of the molecule is CN(C)[C@H]1CCNC1=O. The summed E-state index contributed by atoms with van der Waals surface area (Å²) in [6.45, 7) is 0.835. The number of nitrogens with one attached hydrogen (secondary N) is 1. The molecule has 0 spiro atoms. The smallest absolute Gasteiger partial charge is 0.237 e. The molecule has 1 amide bonds. The molecule has 1 atom stereocenters. The van der Waals surface area contributed by atoms with Crippen molar-refractivity contribution < 1.29 is 4.79 Å². The number of hydrogen-bond acceptors (Lipinski definition) is 2. The third kappa shape index (κ3) is 1.21. The fourth-order valence-corrected chi connectivity index (χ4v) is 1.07. The van der Waals surface area contributed by atoms with Crippen molar-refractivity contribution in [3.63, 3.8) is 0 Å². The standard InChI is InChI=1S/C6H12N2O/c1-8(2)5-3-4-7-6(5)9/h5H,3-4H2,1-2H3,(H,7,9)/t5-/m0/s1. The first-order valence-corrected chi connectivity index (χ1v) is 3.16. The van der Waals surface area contributed by atoms with Crippen LogP contribution < -0.4 is 5.32 Å². The van der Waals surface area contributed by atoms with Gasteiger partial charge < -0.3 is 5.32 Å². The Morgan fingerprint density at radius 2 is 2.33 bits per heavy atom. The van der Waals surface area contributed by atoms with Crippen molar-refractivity contribution in [2.24, 2.45) is 0 Å². The summed E-state index contributed by atoms with van der Waals surface area (Å²) in [4.78, 5) is 12.8. The minimum atomic E-state index is 0.116. The summed E-state index contributed by atoms with van der Waals surface area (Å²) in [7, 11) is 3.85. The van der Waals surface area contributed by atoms with Crippen LogP contribution >= 0.6 is 0 Å². The Labute approximate surface area is 55.0 Å². The zero-order valence-electron chi connectivity index (χ0n) is 5.85. The van der Waals surface area contributed by atoms with Gasteiger partial charge in [0.1, 0.15) is 0 Å². The topological polar surface area (TPSA) is 32.3 Å². The Morgan fingerprint density at radius 3 is 2.56 bits per heavy atom. The summed E-state index contributed by atoms with van der Waals surface area (Å²) >= 11 is 0. The van der Waals surface area contributed by atoms with Gasteiger partial charge in [0.2, 0.25) is 5.91 Å². The van der Waals surface area contributed by atoms with Crippen molar-refractivity contribution in [1.29, 1.82) is 0 Å². The molecule has 9 heavy (non-hydrogen) atoms. The van der Waals surface area contributed by atoms with Crippen LogP contribution in [-0.4, -0.2) is 37.5 Å². The third-order valence-electron chi connectivity index (χ3n) is 1.64. The molecule has 1 fully saturated rings. The zero-order valence-corrected chi connectivity index (χ0v) is 5.85.